The predicted molar refractivity (Wildman–Crippen MR) is 127 cm³/mol. The van der Waals surface area contributed by atoms with Crippen molar-refractivity contribution in [2.75, 3.05) is 31.1 Å². The highest BCUT2D eigenvalue weighted by atomic mass is 32.1. The molecule has 0 atom stereocenters. The quantitative estimate of drug-likeness (QED) is 0.487. The summed E-state index contributed by atoms with van der Waals surface area (Å²) in [4.78, 5) is 22.5. The number of nitrogens with zero attached hydrogens (tertiary/aromatic N) is 4. The van der Waals surface area contributed by atoms with Crippen molar-refractivity contribution < 1.29 is 22.5 Å². The maximum Gasteiger partial charge on any atom is 0.395 e. The predicted octanol–water partition coefficient (Wildman–Crippen LogP) is 5.19. The fraction of sp³-hybridized carbons (Fsp3) is 0.720. The molecule has 0 radical (unpaired) electrons. The number of thiazole rings is 1. The zero-order chi connectivity index (χ0) is 24.6. The normalized spacial score (nSPS) is 23.8. The molecule has 2 aromatic heterocycles. The molecule has 0 unspecified atom stereocenters. The highest BCUT2D eigenvalue weighted by Gasteiger charge is 2.48. The summed E-state index contributed by atoms with van der Waals surface area (Å²) in [5.74, 6) is 0.862. The highest BCUT2D eigenvalue weighted by Crippen LogP contribution is 2.39. The summed E-state index contributed by atoms with van der Waals surface area (Å²) in [6, 6.07) is 1.83. The van der Waals surface area contributed by atoms with Gasteiger partial charge in [-0.3, -0.25) is 9.69 Å². The second kappa shape index (κ2) is 10.2. The second-order valence-electron chi connectivity index (χ2n) is 10.6. The summed E-state index contributed by atoms with van der Waals surface area (Å²) in [7, 11) is 0. The van der Waals surface area contributed by atoms with Crippen LogP contribution in [0.15, 0.2) is 10.6 Å². The van der Waals surface area contributed by atoms with Crippen LogP contribution in [0.3, 0.4) is 0 Å². The standard InChI is InChI=1S/C25H33F3N4O2S/c1-16-10-21(34-30-16)12-20(33)11-18-4-2-17(3-5-18)6-8-31-9-7-23-22(15-31)29-24(35-23)32-13-19(14-32)25(26,27)28/h10,17-19H,2-9,11-15H2,1H3. The van der Waals surface area contributed by atoms with Crippen molar-refractivity contribution in [3.8, 4) is 0 Å². The first kappa shape index (κ1) is 24.7. The first-order valence-corrected chi connectivity index (χ1v) is 13.5. The molecule has 0 amide bonds. The van der Waals surface area contributed by atoms with Gasteiger partial charge in [-0.15, -0.1) is 11.3 Å². The van der Waals surface area contributed by atoms with E-state index in [1.165, 1.54) is 17.7 Å². The van der Waals surface area contributed by atoms with E-state index < -0.39 is 12.1 Å². The van der Waals surface area contributed by atoms with E-state index in [2.05, 4.69) is 10.1 Å². The lowest BCUT2D eigenvalue weighted by Gasteiger charge is -2.39. The number of carbonyl (C=O) groups excluding carboxylic acids is 1. The topological polar surface area (TPSA) is 62.5 Å². The van der Waals surface area contributed by atoms with E-state index >= 15 is 0 Å². The minimum absolute atomic E-state index is 0.0353. The van der Waals surface area contributed by atoms with Gasteiger partial charge in [0, 0.05) is 43.5 Å². The van der Waals surface area contributed by atoms with E-state index in [1.54, 1.807) is 16.2 Å². The summed E-state index contributed by atoms with van der Waals surface area (Å²) >= 11 is 1.57. The van der Waals surface area contributed by atoms with Crippen LogP contribution in [-0.4, -0.2) is 53.2 Å². The Balaban J connectivity index is 1.01. The molecule has 5 rings (SSSR count). The largest absolute Gasteiger partial charge is 0.395 e. The van der Waals surface area contributed by atoms with E-state index in [0.29, 0.717) is 30.4 Å². The van der Waals surface area contributed by atoms with Crippen molar-refractivity contribution in [1.29, 1.82) is 0 Å². The lowest BCUT2D eigenvalue weighted by Crippen LogP contribution is -2.53. The van der Waals surface area contributed by atoms with E-state index in [4.69, 9.17) is 9.51 Å². The molecule has 35 heavy (non-hydrogen) atoms. The van der Waals surface area contributed by atoms with E-state index in [-0.39, 0.29) is 18.9 Å². The van der Waals surface area contributed by atoms with Crippen LogP contribution in [0.5, 0.6) is 0 Å². The number of hydrogen-bond acceptors (Lipinski definition) is 7. The number of hydrogen-bond donors (Lipinski definition) is 0. The number of ketones is 1. The molecule has 1 aliphatic carbocycles. The van der Waals surface area contributed by atoms with Crippen LogP contribution >= 0.6 is 11.3 Å². The molecular formula is C25H33F3N4O2S. The molecule has 0 aromatic carbocycles. The Bertz CT molecular complexity index is 1020. The van der Waals surface area contributed by atoms with Gasteiger partial charge < -0.3 is 9.42 Å². The van der Waals surface area contributed by atoms with Gasteiger partial charge in [0.2, 0.25) is 0 Å². The van der Waals surface area contributed by atoms with Crippen molar-refractivity contribution in [3.05, 3.63) is 28.1 Å². The number of alkyl halides is 3. The second-order valence-corrected chi connectivity index (χ2v) is 11.6. The van der Waals surface area contributed by atoms with Gasteiger partial charge in [-0.25, -0.2) is 4.98 Å². The first-order valence-electron chi connectivity index (χ1n) is 12.7. The molecule has 0 spiro atoms. The minimum Gasteiger partial charge on any atom is -0.361 e. The number of carbonyl (C=O) groups is 1. The van der Waals surface area contributed by atoms with Gasteiger partial charge in [-0.05, 0) is 51.0 Å². The van der Waals surface area contributed by atoms with E-state index in [9.17, 15) is 18.0 Å². The first-order chi connectivity index (χ1) is 16.7. The number of aromatic nitrogens is 2. The van der Waals surface area contributed by atoms with Gasteiger partial charge in [-0.2, -0.15) is 13.2 Å². The fourth-order valence-corrected chi connectivity index (χ4v) is 6.66. The molecule has 192 valence electrons. The van der Waals surface area contributed by atoms with Gasteiger partial charge in [-0.1, -0.05) is 18.0 Å². The number of anilines is 1. The zero-order valence-corrected chi connectivity index (χ0v) is 21.0. The van der Waals surface area contributed by atoms with Crippen LogP contribution in [-0.2, 0) is 24.2 Å². The summed E-state index contributed by atoms with van der Waals surface area (Å²) in [6.07, 6.45) is 3.54. The molecule has 6 nitrogen and oxygen atoms in total. The van der Waals surface area contributed by atoms with E-state index in [1.807, 2.05) is 13.0 Å². The number of halogens is 3. The molecule has 1 saturated heterocycles. The molecule has 0 bridgehead atoms. The third kappa shape index (κ3) is 6.07. The lowest BCUT2D eigenvalue weighted by molar-refractivity contribution is -0.180. The maximum atomic E-state index is 12.8. The van der Waals surface area contributed by atoms with Gasteiger partial charge >= 0.3 is 6.18 Å². The Morgan fingerprint density at radius 3 is 2.63 bits per heavy atom. The Labute approximate surface area is 207 Å². The fourth-order valence-electron chi connectivity index (χ4n) is 5.58. The molecular weight excluding hydrogens is 477 g/mol. The van der Waals surface area contributed by atoms with Crippen molar-refractivity contribution >= 4 is 22.3 Å². The molecule has 10 heteroatoms. The van der Waals surface area contributed by atoms with E-state index in [0.717, 1.165) is 61.8 Å². The maximum absolute atomic E-state index is 12.8. The number of Topliss-reactive ketones (excluding diaryl/α,β-unsaturated/α-hetero) is 1. The highest BCUT2D eigenvalue weighted by molar-refractivity contribution is 7.15. The smallest absolute Gasteiger partial charge is 0.361 e. The third-order valence-corrected chi connectivity index (χ3v) is 9.01. The molecule has 2 aromatic rings. The summed E-state index contributed by atoms with van der Waals surface area (Å²) in [5.41, 5.74) is 1.86. The molecule has 2 fully saturated rings. The molecule has 2 aliphatic heterocycles. The minimum atomic E-state index is -4.10. The van der Waals surface area contributed by atoms with Crippen LogP contribution in [0.2, 0.25) is 0 Å². The summed E-state index contributed by atoms with van der Waals surface area (Å²) < 4.78 is 43.5. The number of fused-ring (bicyclic) bond motifs is 1. The average Bonchev–Trinajstić information content (AvgIpc) is 3.36. The Morgan fingerprint density at radius 2 is 1.94 bits per heavy atom. The third-order valence-electron chi connectivity index (χ3n) is 7.79. The van der Waals surface area contributed by atoms with Gasteiger partial charge in [0.15, 0.2) is 5.13 Å². The SMILES string of the molecule is Cc1cc(CC(=O)CC2CCC(CCN3CCc4sc(N5CC(C(F)(F)F)C5)nc4C3)CC2)on1. The van der Waals surface area contributed by atoms with Crippen LogP contribution in [0.4, 0.5) is 18.3 Å². The average molecular weight is 511 g/mol. The number of aryl methyl sites for hydroxylation is 1. The lowest BCUT2D eigenvalue weighted by atomic mass is 9.78. The summed E-state index contributed by atoms with van der Waals surface area (Å²) in [6.45, 7) is 4.75. The molecule has 0 N–H and O–H groups in total. The Kier molecular flexibility index (Phi) is 7.21. The van der Waals surface area contributed by atoms with Crippen LogP contribution in [0, 0.1) is 24.7 Å². The van der Waals surface area contributed by atoms with Gasteiger partial charge in [0.1, 0.15) is 11.5 Å². The Morgan fingerprint density at radius 1 is 1.20 bits per heavy atom. The summed E-state index contributed by atoms with van der Waals surface area (Å²) in [5, 5.41) is 4.60. The van der Waals surface area contributed by atoms with Crippen molar-refractivity contribution in [2.24, 2.45) is 17.8 Å². The number of rotatable bonds is 8. The monoisotopic (exact) mass is 510 g/mol. The van der Waals surface area contributed by atoms with Crippen molar-refractivity contribution in [2.45, 2.75) is 71.0 Å². The van der Waals surface area contributed by atoms with Crippen molar-refractivity contribution in [1.82, 2.24) is 15.0 Å². The van der Waals surface area contributed by atoms with Crippen molar-refractivity contribution in [3.63, 3.8) is 0 Å². The molecule has 4 heterocycles. The van der Waals surface area contributed by atoms with Crippen LogP contribution in [0.25, 0.3) is 0 Å². The van der Waals surface area contributed by atoms with Crippen LogP contribution in [0.1, 0.15) is 60.6 Å². The van der Waals surface area contributed by atoms with Gasteiger partial charge in [0.05, 0.1) is 23.7 Å². The zero-order valence-electron chi connectivity index (χ0n) is 20.1. The van der Waals surface area contributed by atoms with Gasteiger partial charge in [0.25, 0.3) is 0 Å². The Hall–Kier alpha value is -1.94. The molecule has 1 saturated carbocycles. The molecule has 3 aliphatic rings. The van der Waals surface area contributed by atoms with Crippen LogP contribution < -0.4 is 4.90 Å².